The van der Waals surface area contributed by atoms with Gasteiger partial charge in [0.25, 0.3) is 0 Å². The van der Waals surface area contributed by atoms with Crippen molar-refractivity contribution in [2.24, 2.45) is 5.41 Å². The van der Waals surface area contributed by atoms with Crippen LogP contribution in [0.25, 0.3) is 12.2 Å². The molecule has 0 saturated carbocycles. The zero-order valence-electron chi connectivity index (χ0n) is 7.24. The van der Waals surface area contributed by atoms with Gasteiger partial charge in [-0.2, -0.15) is 0 Å². The second-order valence-corrected chi connectivity index (χ2v) is 4.48. The van der Waals surface area contributed by atoms with Crippen molar-refractivity contribution in [1.82, 2.24) is 4.98 Å². The molecule has 0 unspecified atom stereocenters. The molecule has 0 atom stereocenters. The first kappa shape index (κ1) is 7.74. The summed E-state index contributed by atoms with van der Waals surface area (Å²) in [6, 6.07) is 0. The zero-order chi connectivity index (χ0) is 8.60. The molecule has 1 aromatic heterocycles. The lowest BCUT2D eigenvalue weighted by molar-refractivity contribution is 0.633. The third-order valence-electron chi connectivity index (χ3n) is 1.96. The minimum Gasteiger partial charge on any atom is -0.245 e. The lowest BCUT2D eigenvalue weighted by atomic mass is 9.93. The molecule has 0 aliphatic heterocycles. The first-order valence-corrected chi connectivity index (χ1v) is 4.87. The average molecular weight is 177 g/mol. The van der Waals surface area contributed by atoms with E-state index in [2.05, 4.69) is 43.1 Å². The van der Waals surface area contributed by atoms with Crippen LogP contribution < -0.4 is 0 Å². The van der Waals surface area contributed by atoms with Gasteiger partial charge >= 0.3 is 0 Å². The molecule has 1 aromatic rings. The van der Waals surface area contributed by atoms with E-state index in [4.69, 9.17) is 0 Å². The summed E-state index contributed by atoms with van der Waals surface area (Å²) in [4.78, 5) is 5.52. The summed E-state index contributed by atoms with van der Waals surface area (Å²) in [5.41, 5.74) is 3.15. The Hall–Kier alpha value is -0.890. The van der Waals surface area contributed by atoms with Crippen molar-refractivity contribution < 1.29 is 0 Å². The van der Waals surface area contributed by atoms with E-state index in [1.165, 1.54) is 4.88 Å². The molecule has 62 valence electrons. The van der Waals surface area contributed by atoms with Gasteiger partial charge in [-0.25, -0.2) is 4.98 Å². The predicted octanol–water partition coefficient (Wildman–Crippen LogP) is 3.21. The van der Waals surface area contributed by atoms with E-state index in [1.54, 1.807) is 11.3 Å². The van der Waals surface area contributed by atoms with Crippen molar-refractivity contribution in [2.75, 3.05) is 0 Å². The van der Waals surface area contributed by atoms with E-state index >= 15 is 0 Å². The highest BCUT2D eigenvalue weighted by atomic mass is 32.1. The number of hydrogen-bond donors (Lipinski definition) is 0. The number of hydrogen-bond acceptors (Lipinski definition) is 2. The van der Waals surface area contributed by atoms with Crippen LogP contribution in [0.3, 0.4) is 0 Å². The second kappa shape index (κ2) is 2.56. The van der Waals surface area contributed by atoms with Gasteiger partial charge in [-0.3, -0.25) is 0 Å². The molecular formula is C10H11NS. The number of fused-ring (bicyclic) bond motifs is 1. The molecule has 0 saturated heterocycles. The Morgan fingerprint density at radius 2 is 2.00 bits per heavy atom. The van der Waals surface area contributed by atoms with Crippen molar-refractivity contribution in [3.63, 3.8) is 0 Å². The second-order valence-electron chi connectivity index (χ2n) is 3.59. The Labute approximate surface area is 76.5 Å². The molecule has 1 aliphatic carbocycles. The Morgan fingerprint density at radius 3 is 2.83 bits per heavy atom. The van der Waals surface area contributed by atoms with Gasteiger partial charge in [0.2, 0.25) is 0 Å². The van der Waals surface area contributed by atoms with E-state index in [-0.39, 0.29) is 5.41 Å². The largest absolute Gasteiger partial charge is 0.245 e. The van der Waals surface area contributed by atoms with Gasteiger partial charge in [-0.1, -0.05) is 26.0 Å². The van der Waals surface area contributed by atoms with Gasteiger partial charge in [-0.05, 0) is 12.2 Å². The lowest BCUT2D eigenvalue weighted by Crippen LogP contribution is -2.00. The number of rotatable bonds is 0. The summed E-state index contributed by atoms with van der Waals surface area (Å²) >= 11 is 1.69. The molecule has 2 heteroatoms. The topological polar surface area (TPSA) is 12.9 Å². The molecular weight excluding hydrogens is 166 g/mol. The standard InChI is InChI=1S/C10H11NS/c1-10(2)5-3-8-9(4-6-10)12-7-11-8/h3-7H,1-2H3. The van der Waals surface area contributed by atoms with E-state index in [9.17, 15) is 0 Å². The van der Waals surface area contributed by atoms with Crippen molar-refractivity contribution in [3.05, 3.63) is 28.2 Å². The lowest BCUT2D eigenvalue weighted by Gasteiger charge is -2.11. The molecule has 0 fully saturated rings. The molecule has 0 spiro atoms. The summed E-state index contributed by atoms with van der Waals surface area (Å²) in [7, 11) is 0. The fraction of sp³-hybridized carbons (Fsp3) is 0.300. The van der Waals surface area contributed by atoms with Crippen LogP contribution in [0.2, 0.25) is 0 Å². The molecule has 0 aromatic carbocycles. The molecule has 1 aliphatic rings. The smallest absolute Gasteiger partial charge is 0.0809 e. The number of nitrogens with zero attached hydrogens (tertiary/aromatic N) is 1. The van der Waals surface area contributed by atoms with Gasteiger partial charge in [0.15, 0.2) is 0 Å². The molecule has 0 radical (unpaired) electrons. The maximum absolute atomic E-state index is 4.26. The first-order valence-electron chi connectivity index (χ1n) is 3.99. The maximum Gasteiger partial charge on any atom is 0.0809 e. The van der Waals surface area contributed by atoms with Crippen LogP contribution in [0, 0.1) is 5.41 Å². The fourth-order valence-electron chi connectivity index (χ4n) is 1.15. The van der Waals surface area contributed by atoms with Gasteiger partial charge < -0.3 is 0 Å². The Kier molecular flexibility index (Phi) is 1.65. The van der Waals surface area contributed by atoms with Crippen LogP contribution in [-0.4, -0.2) is 4.98 Å². The van der Waals surface area contributed by atoms with E-state index in [1.807, 2.05) is 5.51 Å². The van der Waals surface area contributed by atoms with Gasteiger partial charge in [0, 0.05) is 5.41 Å². The quantitative estimate of drug-likeness (QED) is 0.593. The van der Waals surface area contributed by atoms with Crippen LogP contribution in [0.15, 0.2) is 17.7 Å². The summed E-state index contributed by atoms with van der Waals surface area (Å²) < 4.78 is 0. The van der Waals surface area contributed by atoms with E-state index < -0.39 is 0 Å². The summed E-state index contributed by atoms with van der Waals surface area (Å²) in [5.74, 6) is 0. The molecule has 1 heterocycles. The SMILES string of the molecule is CC1(C)C=Cc2ncsc2C=C1. The molecule has 12 heavy (non-hydrogen) atoms. The first-order chi connectivity index (χ1) is 5.67. The molecule has 0 amide bonds. The number of allylic oxidation sites excluding steroid dienone is 2. The average Bonchev–Trinajstić information content (AvgIpc) is 2.40. The third kappa shape index (κ3) is 1.34. The van der Waals surface area contributed by atoms with Crippen LogP contribution in [0.4, 0.5) is 0 Å². The van der Waals surface area contributed by atoms with Crippen LogP contribution in [0.1, 0.15) is 24.4 Å². The summed E-state index contributed by atoms with van der Waals surface area (Å²) in [6.07, 6.45) is 8.67. The normalized spacial score (nSPS) is 18.8. The monoisotopic (exact) mass is 177 g/mol. The number of thiazole rings is 1. The highest BCUT2D eigenvalue weighted by Gasteiger charge is 2.13. The highest BCUT2D eigenvalue weighted by Crippen LogP contribution is 2.28. The van der Waals surface area contributed by atoms with Crippen molar-refractivity contribution in [3.8, 4) is 0 Å². The molecule has 1 nitrogen and oxygen atoms in total. The van der Waals surface area contributed by atoms with E-state index in [0.717, 1.165) is 5.69 Å². The molecule has 0 bridgehead atoms. The predicted molar refractivity (Wildman–Crippen MR) is 54.0 cm³/mol. The minimum atomic E-state index is 0.167. The van der Waals surface area contributed by atoms with Gasteiger partial charge in [0.05, 0.1) is 16.1 Å². The van der Waals surface area contributed by atoms with Crippen molar-refractivity contribution in [1.29, 1.82) is 0 Å². The van der Waals surface area contributed by atoms with Crippen LogP contribution in [0.5, 0.6) is 0 Å². The van der Waals surface area contributed by atoms with Gasteiger partial charge in [-0.15, -0.1) is 11.3 Å². The highest BCUT2D eigenvalue weighted by molar-refractivity contribution is 7.10. The summed E-state index contributed by atoms with van der Waals surface area (Å²) in [5, 5.41) is 0. The Morgan fingerprint density at radius 1 is 1.25 bits per heavy atom. The third-order valence-corrected chi connectivity index (χ3v) is 2.77. The Bertz CT molecular complexity index is 314. The van der Waals surface area contributed by atoms with Gasteiger partial charge in [0.1, 0.15) is 0 Å². The minimum absolute atomic E-state index is 0.167. The summed E-state index contributed by atoms with van der Waals surface area (Å²) in [6.45, 7) is 4.38. The fourth-order valence-corrected chi connectivity index (χ4v) is 1.82. The molecule has 2 rings (SSSR count). The maximum atomic E-state index is 4.26. The Balaban J connectivity index is 2.49. The van der Waals surface area contributed by atoms with Crippen LogP contribution >= 0.6 is 11.3 Å². The van der Waals surface area contributed by atoms with Crippen molar-refractivity contribution in [2.45, 2.75) is 13.8 Å². The van der Waals surface area contributed by atoms with Crippen LogP contribution in [-0.2, 0) is 0 Å². The van der Waals surface area contributed by atoms with Crippen molar-refractivity contribution >= 4 is 23.5 Å². The molecule has 0 N–H and O–H groups in total. The van der Waals surface area contributed by atoms with E-state index in [0.29, 0.717) is 0 Å². The zero-order valence-corrected chi connectivity index (χ0v) is 8.06. The number of aromatic nitrogens is 1.